The Morgan fingerprint density at radius 1 is 1.40 bits per heavy atom. The molecule has 0 aliphatic carbocycles. The van der Waals surface area contributed by atoms with Crippen LogP contribution in [0.25, 0.3) is 0 Å². The molecule has 1 fully saturated rings. The lowest BCUT2D eigenvalue weighted by Gasteiger charge is -2.14. The fraction of sp³-hybridized carbons (Fsp3) is 0.111. The van der Waals surface area contributed by atoms with Gasteiger partial charge in [-0.1, -0.05) is 17.7 Å². The van der Waals surface area contributed by atoms with Gasteiger partial charge in [-0.2, -0.15) is 0 Å². The van der Waals surface area contributed by atoms with Crippen molar-refractivity contribution in [2.24, 2.45) is 0 Å². The molecule has 0 radical (unpaired) electrons. The minimum atomic E-state index is -0.705. The molecular formula is C9H6ClFN2O2. The van der Waals surface area contributed by atoms with Gasteiger partial charge in [-0.05, 0) is 12.1 Å². The summed E-state index contributed by atoms with van der Waals surface area (Å²) >= 11 is 5.56. The Morgan fingerprint density at radius 3 is 2.73 bits per heavy atom. The summed E-state index contributed by atoms with van der Waals surface area (Å²) in [5, 5.41) is 1.97. The van der Waals surface area contributed by atoms with Gasteiger partial charge < -0.3 is 0 Å². The second kappa shape index (κ2) is 3.51. The van der Waals surface area contributed by atoms with Gasteiger partial charge in [-0.25, -0.2) is 9.18 Å². The number of anilines is 1. The number of rotatable bonds is 1. The SMILES string of the molecule is O=C1CN(c2cccc(Cl)c2F)C(=O)N1. The van der Waals surface area contributed by atoms with Crippen molar-refractivity contribution in [3.8, 4) is 0 Å². The van der Waals surface area contributed by atoms with Crippen LogP contribution in [0.3, 0.4) is 0 Å². The Labute approximate surface area is 89.6 Å². The molecule has 1 aromatic rings. The van der Waals surface area contributed by atoms with Crippen molar-refractivity contribution < 1.29 is 14.0 Å². The van der Waals surface area contributed by atoms with E-state index in [2.05, 4.69) is 5.32 Å². The highest BCUT2D eigenvalue weighted by Crippen LogP contribution is 2.26. The van der Waals surface area contributed by atoms with E-state index in [4.69, 9.17) is 11.6 Å². The average molecular weight is 229 g/mol. The van der Waals surface area contributed by atoms with E-state index in [0.29, 0.717) is 0 Å². The first-order valence-electron chi connectivity index (χ1n) is 4.15. The van der Waals surface area contributed by atoms with Gasteiger partial charge in [0, 0.05) is 0 Å². The van der Waals surface area contributed by atoms with Gasteiger partial charge in [-0.3, -0.25) is 15.0 Å². The van der Waals surface area contributed by atoms with Crippen LogP contribution in [0.4, 0.5) is 14.9 Å². The summed E-state index contributed by atoms with van der Waals surface area (Å²) in [5.74, 6) is -1.16. The molecule has 1 N–H and O–H groups in total. The van der Waals surface area contributed by atoms with Crippen LogP contribution < -0.4 is 10.2 Å². The molecule has 0 aromatic heterocycles. The third kappa shape index (κ3) is 1.66. The molecule has 0 unspecified atom stereocenters. The monoisotopic (exact) mass is 228 g/mol. The van der Waals surface area contributed by atoms with Crippen LogP contribution in [0.2, 0.25) is 5.02 Å². The van der Waals surface area contributed by atoms with E-state index in [1.54, 1.807) is 0 Å². The number of benzene rings is 1. The first-order valence-corrected chi connectivity index (χ1v) is 4.53. The molecule has 0 bridgehead atoms. The highest BCUT2D eigenvalue weighted by molar-refractivity contribution is 6.31. The summed E-state index contributed by atoms with van der Waals surface area (Å²) in [4.78, 5) is 23.1. The van der Waals surface area contributed by atoms with E-state index < -0.39 is 17.8 Å². The maximum Gasteiger partial charge on any atom is 0.329 e. The summed E-state index contributed by atoms with van der Waals surface area (Å²) in [6.07, 6.45) is 0. The molecule has 1 heterocycles. The van der Waals surface area contributed by atoms with E-state index >= 15 is 0 Å². The van der Waals surface area contributed by atoms with Crippen molar-refractivity contribution in [2.45, 2.75) is 0 Å². The molecule has 4 nitrogen and oxygen atoms in total. The van der Waals surface area contributed by atoms with E-state index in [1.807, 2.05) is 0 Å². The quantitative estimate of drug-likeness (QED) is 0.742. The summed E-state index contributed by atoms with van der Waals surface area (Å²) in [5.41, 5.74) is 0.00542. The van der Waals surface area contributed by atoms with E-state index in [-0.39, 0.29) is 17.3 Å². The zero-order valence-corrected chi connectivity index (χ0v) is 8.21. The largest absolute Gasteiger partial charge is 0.329 e. The third-order valence-electron chi connectivity index (χ3n) is 2.02. The molecular weight excluding hydrogens is 223 g/mol. The summed E-state index contributed by atoms with van der Waals surface area (Å²) < 4.78 is 13.5. The number of nitrogens with one attached hydrogen (secondary N) is 1. The summed E-state index contributed by atoms with van der Waals surface area (Å²) in [6.45, 7) is -0.184. The second-order valence-corrected chi connectivity index (χ2v) is 3.42. The predicted octanol–water partition coefficient (Wildman–Crippen LogP) is 1.54. The molecule has 78 valence electrons. The minimum Gasteiger partial charge on any atom is -0.282 e. The number of hydrogen-bond donors (Lipinski definition) is 1. The van der Waals surface area contributed by atoms with Crippen molar-refractivity contribution >= 4 is 29.2 Å². The van der Waals surface area contributed by atoms with Gasteiger partial charge in [0.25, 0.3) is 0 Å². The zero-order valence-electron chi connectivity index (χ0n) is 7.46. The van der Waals surface area contributed by atoms with Crippen molar-refractivity contribution in [1.82, 2.24) is 5.32 Å². The lowest BCUT2D eigenvalue weighted by molar-refractivity contribution is -0.117. The average Bonchev–Trinajstić information content (AvgIpc) is 2.50. The van der Waals surface area contributed by atoms with Gasteiger partial charge in [0.2, 0.25) is 5.91 Å². The Hall–Kier alpha value is -1.62. The zero-order chi connectivity index (χ0) is 11.0. The minimum absolute atomic E-state index is 0.00542. The molecule has 2 rings (SSSR count). The van der Waals surface area contributed by atoms with Gasteiger partial charge >= 0.3 is 6.03 Å². The standard InChI is InChI=1S/C9H6ClFN2O2/c10-5-2-1-3-6(8(5)11)13-4-7(14)12-9(13)15/h1-3H,4H2,(H,12,14,15). The summed E-state index contributed by atoms with van der Waals surface area (Å²) in [6, 6.07) is 3.63. The number of carbonyl (C=O) groups excluding carboxylic acids is 2. The van der Waals surface area contributed by atoms with Crippen molar-refractivity contribution in [3.63, 3.8) is 0 Å². The van der Waals surface area contributed by atoms with Crippen LogP contribution in [0, 0.1) is 5.82 Å². The van der Waals surface area contributed by atoms with E-state index in [0.717, 1.165) is 4.90 Å². The maximum absolute atomic E-state index is 13.5. The van der Waals surface area contributed by atoms with Crippen molar-refractivity contribution in [2.75, 3.05) is 11.4 Å². The molecule has 1 aliphatic rings. The van der Waals surface area contributed by atoms with Gasteiger partial charge in [0.1, 0.15) is 6.54 Å². The van der Waals surface area contributed by atoms with Crippen LogP contribution >= 0.6 is 11.6 Å². The molecule has 3 amide bonds. The van der Waals surface area contributed by atoms with Crippen molar-refractivity contribution in [1.29, 1.82) is 0 Å². The van der Waals surface area contributed by atoms with E-state index in [9.17, 15) is 14.0 Å². The Bertz CT molecular complexity index is 450. The predicted molar refractivity (Wildman–Crippen MR) is 52.3 cm³/mol. The highest BCUT2D eigenvalue weighted by atomic mass is 35.5. The number of amides is 3. The summed E-state index contributed by atoms with van der Waals surface area (Å²) in [7, 11) is 0. The van der Waals surface area contributed by atoms with Crippen LogP contribution in [0.1, 0.15) is 0 Å². The van der Waals surface area contributed by atoms with Gasteiger partial charge in [-0.15, -0.1) is 0 Å². The van der Waals surface area contributed by atoms with Crippen LogP contribution in [-0.2, 0) is 4.79 Å². The molecule has 1 saturated heterocycles. The van der Waals surface area contributed by atoms with Crippen molar-refractivity contribution in [3.05, 3.63) is 29.0 Å². The van der Waals surface area contributed by atoms with Crippen LogP contribution in [0.15, 0.2) is 18.2 Å². The van der Waals surface area contributed by atoms with Gasteiger partial charge in [0.15, 0.2) is 5.82 Å². The second-order valence-electron chi connectivity index (χ2n) is 3.01. The van der Waals surface area contributed by atoms with E-state index in [1.165, 1.54) is 18.2 Å². The number of halogens is 2. The smallest absolute Gasteiger partial charge is 0.282 e. The highest BCUT2D eigenvalue weighted by Gasteiger charge is 2.30. The fourth-order valence-corrected chi connectivity index (χ4v) is 1.51. The molecule has 1 aromatic carbocycles. The molecule has 0 spiro atoms. The number of carbonyl (C=O) groups is 2. The molecule has 0 atom stereocenters. The molecule has 0 saturated carbocycles. The van der Waals surface area contributed by atoms with Crippen LogP contribution in [-0.4, -0.2) is 18.5 Å². The Kier molecular flexibility index (Phi) is 2.32. The number of hydrogen-bond acceptors (Lipinski definition) is 2. The first kappa shape index (κ1) is 9.92. The number of urea groups is 1. The normalized spacial score (nSPS) is 15.7. The van der Waals surface area contributed by atoms with Gasteiger partial charge in [0.05, 0.1) is 10.7 Å². The molecule has 15 heavy (non-hydrogen) atoms. The Balaban J connectivity index is 2.42. The number of imide groups is 1. The molecule has 6 heteroatoms. The Morgan fingerprint density at radius 2 is 2.13 bits per heavy atom. The maximum atomic E-state index is 13.5. The topological polar surface area (TPSA) is 49.4 Å². The lowest BCUT2D eigenvalue weighted by Crippen LogP contribution is -2.28. The number of nitrogens with zero attached hydrogens (tertiary/aromatic N) is 1. The lowest BCUT2D eigenvalue weighted by atomic mass is 10.3. The van der Waals surface area contributed by atoms with Crippen LogP contribution in [0.5, 0.6) is 0 Å². The first-order chi connectivity index (χ1) is 7.09. The third-order valence-corrected chi connectivity index (χ3v) is 2.31. The fourth-order valence-electron chi connectivity index (χ4n) is 1.34. The molecule has 1 aliphatic heterocycles.